The van der Waals surface area contributed by atoms with E-state index in [2.05, 4.69) is 35.9 Å². The van der Waals surface area contributed by atoms with Gasteiger partial charge < -0.3 is 14.2 Å². The van der Waals surface area contributed by atoms with E-state index in [9.17, 15) is 4.79 Å². The van der Waals surface area contributed by atoms with E-state index >= 15 is 0 Å². The van der Waals surface area contributed by atoms with Gasteiger partial charge >= 0.3 is 0 Å². The molecule has 25 heavy (non-hydrogen) atoms. The molecule has 1 rings (SSSR count). The molecule has 5 heteroatoms. The number of carbonyl (C=O) groups is 1. The molecule has 0 aliphatic rings. The van der Waals surface area contributed by atoms with Crippen molar-refractivity contribution in [3.63, 3.8) is 0 Å². The largest absolute Gasteiger partial charge is 0.493 e. The molecule has 0 bridgehead atoms. The molecule has 0 fully saturated rings. The summed E-state index contributed by atoms with van der Waals surface area (Å²) in [7, 11) is 3.26. The van der Waals surface area contributed by atoms with Crippen molar-refractivity contribution in [1.82, 2.24) is 0 Å². The lowest BCUT2D eigenvalue weighted by molar-refractivity contribution is 0.0886. The van der Waals surface area contributed by atoms with Crippen LogP contribution >= 0.6 is 15.9 Å². The van der Waals surface area contributed by atoms with Gasteiger partial charge in [-0.05, 0) is 30.5 Å². The van der Waals surface area contributed by atoms with E-state index in [4.69, 9.17) is 14.2 Å². The Hall–Kier alpha value is -1.33. The fourth-order valence-corrected chi connectivity index (χ4v) is 2.79. The highest BCUT2D eigenvalue weighted by Gasteiger charge is 2.23. The third kappa shape index (κ3) is 7.20. The van der Waals surface area contributed by atoms with Gasteiger partial charge in [-0.2, -0.15) is 0 Å². The lowest BCUT2D eigenvalue weighted by Gasteiger charge is -2.19. The molecular formula is C20H29BrO4. The zero-order valence-corrected chi connectivity index (χ0v) is 17.2. The topological polar surface area (TPSA) is 44.8 Å². The Balaban J connectivity index is 2.93. The molecule has 0 heterocycles. The first-order chi connectivity index (χ1) is 12.0. The predicted molar refractivity (Wildman–Crippen MR) is 105 cm³/mol. The maximum atomic E-state index is 12.9. The maximum Gasteiger partial charge on any atom is 0.166 e. The van der Waals surface area contributed by atoms with Crippen LogP contribution in [0.2, 0.25) is 0 Å². The number of alkyl halides is 1. The van der Waals surface area contributed by atoms with Gasteiger partial charge in [0, 0.05) is 36.9 Å². The lowest BCUT2D eigenvalue weighted by Crippen LogP contribution is -2.20. The van der Waals surface area contributed by atoms with Crippen LogP contribution in [-0.4, -0.2) is 38.5 Å². The highest BCUT2D eigenvalue weighted by Crippen LogP contribution is 2.31. The van der Waals surface area contributed by atoms with E-state index in [1.54, 1.807) is 26.4 Å². The molecule has 0 aromatic heterocycles. The lowest BCUT2D eigenvalue weighted by atomic mass is 9.85. The Kier molecular flexibility index (Phi) is 10.5. The number of benzene rings is 1. The summed E-state index contributed by atoms with van der Waals surface area (Å²) in [5, 5.41) is 0.800. The number of methoxy groups -OCH3 is 2. The molecule has 0 aliphatic heterocycles. The summed E-state index contributed by atoms with van der Waals surface area (Å²) < 4.78 is 16.2. The molecule has 4 nitrogen and oxygen atoms in total. The Labute approximate surface area is 159 Å². The van der Waals surface area contributed by atoms with Crippen molar-refractivity contribution < 1.29 is 19.0 Å². The van der Waals surface area contributed by atoms with Gasteiger partial charge in [-0.1, -0.05) is 41.9 Å². The van der Waals surface area contributed by atoms with Crippen LogP contribution in [0.5, 0.6) is 11.5 Å². The standard InChI is InChI=1S/C20H29BrO4/c1-15(2)17(8-5-6-11-21)20(22)16-9-10-18(24-4)19(14-16)25-13-7-12-23-3/h5-6,9-10,14-15,17H,7-8,11-13H2,1-4H3/b6-5+/t17-/m0/s1. The Morgan fingerprint density at radius 3 is 2.52 bits per heavy atom. The number of halogens is 1. The molecule has 140 valence electrons. The van der Waals surface area contributed by atoms with E-state index in [1.807, 2.05) is 12.1 Å². The van der Waals surface area contributed by atoms with E-state index in [0.717, 1.165) is 18.2 Å². The van der Waals surface area contributed by atoms with Crippen LogP contribution < -0.4 is 9.47 Å². The normalized spacial score (nSPS) is 12.6. The molecule has 0 radical (unpaired) electrons. The molecule has 0 unspecified atom stereocenters. The van der Waals surface area contributed by atoms with Gasteiger partial charge in [-0.25, -0.2) is 0 Å². The second kappa shape index (κ2) is 12.1. The van der Waals surface area contributed by atoms with E-state index in [-0.39, 0.29) is 17.6 Å². The fraction of sp³-hybridized carbons (Fsp3) is 0.550. The highest BCUT2D eigenvalue weighted by atomic mass is 79.9. The number of ketones is 1. The molecule has 1 atom stereocenters. The number of rotatable bonds is 12. The third-order valence-electron chi connectivity index (χ3n) is 3.99. The summed E-state index contributed by atoms with van der Waals surface area (Å²) in [6.45, 7) is 5.31. The average Bonchev–Trinajstić information content (AvgIpc) is 2.61. The van der Waals surface area contributed by atoms with Crippen LogP contribution in [0.15, 0.2) is 30.4 Å². The van der Waals surface area contributed by atoms with Crippen LogP contribution in [0, 0.1) is 11.8 Å². The second-order valence-corrected chi connectivity index (χ2v) is 6.78. The summed E-state index contributed by atoms with van der Waals surface area (Å²) in [6.07, 6.45) is 5.60. The van der Waals surface area contributed by atoms with Crippen molar-refractivity contribution in [2.45, 2.75) is 26.7 Å². The van der Waals surface area contributed by atoms with Gasteiger partial charge in [0.25, 0.3) is 0 Å². The summed E-state index contributed by atoms with van der Waals surface area (Å²) in [5.41, 5.74) is 0.661. The van der Waals surface area contributed by atoms with Crippen molar-refractivity contribution >= 4 is 21.7 Å². The highest BCUT2D eigenvalue weighted by molar-refractivity contribution is 9.09. The van der Waals surface area contributed by atoms with E-state index in [1.165, 1.54) is 0 Å². The van der Waals surface area contributed by atoms with E-state index in [0.29, 0.717) is 30.3 Å². The minimum Gasteiger partial charge on any atom is -0.493 e. The number of ether oxygens (including phenoxy) is 3. The zero-order valence-electron chi connectivity index (χ0n) is 15.6. The van der Waals surface area contributed by atoms with Gasteiger partial charge in [0.2, 0.25) is 0 Å². The molecule has 1 aromatic rings. The summed E-state index contributed by atoms with van der Waals surface area (Å²) in [4.78, 5) is 12.9. The van der Waals surface area contributed by atoms with Crippen LogP contribution in [0.3, 0.4) is 0 Å². The van der Waals surface area contributed by atoms with Crippen LogP contribution in [0.4, 0.5) is 0 Å². The van der Waals surface area contributed by atoms with Gasteiger partial charge in [-0.15, -0.1) is 0 Å². The van der Waals surface area contributed by atoms with Gasteiger partial charge in [-0.3, -0.25) is 4.79 Å². The number of Topliss-reactive ketones (excluding diaryl/α,β-unsaturated/α-hetero) is 1. The molecule has 0 saturated heterocycles. The fourth-order valence-electron chi connectivity index (χ4n) is 2.53. The van der Waals surface area contributed by atoms with Crippen molar-refractivity contribution in [3.8, 4) is 11.5 Å². The van der Waals surface area contributed by atoms with Gasteiger partial charge in [0.05, 0.1) is 13.7 Å². The zero-order chi connectivity index (χ0) is 18.7. The summed E-state index contributed by atoms with van der Waals surface area (Å²) >= 11 is 3.37. The summed E-state index contributed by atoms with van der Waals surface area (Å²) in [5.74, 6) is 1.58. The minimum atomic E-state index is -0.0509. The van der Waals surface area contributed by atoms with Crippen molar-refractivity contribution in [3.05, 3.63) is 35.9 Å². The number of hydrogen-bond acceptors (Lipinski definition) is 4. The third-order valence-corrected chi connectivity index (χ3v) is 4.36. The number of hydrogen-bond donors (Lipinski definition) is 0. The van der Waals surface area contributed by atoms with Crippen molar-refractivity contribution in [1.29, 1.82) is 0 Å². The molecule has 0 aliphatic carbocycles. The average molecular weight is 413 g/mol. The molecular weight excluding hydrogens is 384 g/mol. The Morgan fingerprint density at radius 1 is 1.16 bits per heavy atom. The second-order valence-electron chi connectivity index (χ2n) is 6.14. The SMILES string of the molecule is COCCCOc1cc(C(=O)[C@@H](C/C=C/CBr)C(C)C)ccc1OC. The van der Waals surface area contributed by atoms with Crippen molar-refractivity contribution in [2.24, 2.45) is 11.8 Å². The van der Waals surface area contributed by atoms with Crippen molar-refractivity contribution in [2.75, 3.05) is 32.8 Å². The molecule has 1 aromatic carbocycles. The summed E-state index contributed by atoms with van der Waals surface area (Å²) in [6, 6.07) is 5.40. The van der Waals surface area contributed by atoms with E-state index < -0.39 is 0 Å². The molecule has 0 amide bonds. The van der Waals surface area contributed by atoms with Gasteiger partial charge in [0.1, 0.15) is 0 Å². The smallest absolute Gasteiger partial charge is 0.166 e. The minimum absolute atomic E-state index is 0.0509. The first-order valence-electron chi connectivity index (χ1n) is 8.60. The molecule has 0 spiro atoms. The monoisotopic (exact) mass is 412 g/mol. The van der Waals surface area contributed by atoms with Gasteiger partial charge in [0.15, 0.2) is 17.3 Å². The molecule has 0 saturated carbocycles. The Morgan fingerprint density at radius 2 is 1.92 bits per heavy atom. The Bertz CT molecular complexity index is 555. The predicted octanol–water partition coefficient (Wildman–Crippen LogP) is 4.91. The molecule has 0 N–H and O–H groups in total. The van der Waals surface area contributed by atoms with Crippen LogP contribution in [-0.2, 0) is 4.74 Å². The van der Waals surface area contributed by atoms with Crippen LogP contribution in [0.1, 0.15) is 37.0 Å². The first-order valence-corrected chi connectivity index (χ1v) is 9.72. The number of carbonyl (C=O) groups excluding carboxylic acids is 1. The first kappa shape index (κ1) is 21.7. The van der Waals surface area contributed by atoms with Crippen LogP contribution in [0.25, 0.3) is 0 Å². The maximum absolute atomic E-state index is 12.9. The quantitative estimate of drug-likeness (QED) is 0.212. The number of allylic oxidation sites excluding steroid dienone is 2.